The first-order valence-electron chi connectivity index (χ1n) is 4.48. The van der Waals surface area contributed by atoms with Crippen LogP contribution in [0, 0.1) is 5.82 Å². The summed E-state index contributed by atoms with van der Waals surface area (Å²) >= 11 is 3.03. The molecule has 0 spiro atoms. The van der Waals surface area contributed by atoms with Crippen LogP contribution in [0.1, 0.15) is 11.1 Å². The van der Waals surface area contributed by atoms with Crippen molar-refractivity contribution in [1.82, 2.24) is 0 Å². The highest BCUT2D eigenvalue weighted by Crippen LogP contribution is 2.27. The van der Waals surface area contributed by atoms with Crippen molar-refractivity contribution >= 4 is 21.9 Å². The predicted molar refractivity (Wildman–Crippen MR) is 57.0 cm³/mol. The Balaban J connectivity index is 3.10. The lowest BCUT2D eigenvalue weighted by atomic mass is 10.1. The van der Waals surface area contributed by atoms with E-state index in [-0.39, 0.29) is 22.2 Å². The Labute approximate surface area is 103 Å². The van der Waals surface area contributed by atoms with E-state index in [0.717, 1.165) is 6.07 Å². The van der Waals surface area contributed by atoms with Gasteiger partial charge in [-0.2, -0.15) is 8.78 Å². The number of alkyl halides is 3. The van der Waals surface area contributed by atoms with Gasteiger partial charge in [0.1, 0.15) is 11.6 Å². The maximum absolute atomic E-state index is 13.4. The summed E-state index contributed by atoms with van der Waals surface area (Å²) < 4.78 is 41.6. The molecular formula is C10H8BrF3O3. The van der Waals surface area contributed by atoms with Crippen LogP contribution in [0.3, 0.4) is 0 Å². The van der Waals surface area contributed by atoms with Crippen LogP contribution in [0.5, 0.6) is 5.75 Å². The van der Waals surface area contributed by atoms with E-state index in [2.05, 4.69) is 20.7 Å². The number of hydrogen-bond donors (Lipinski definition) is 1. The van der Waals surface area contributed by atoms with Crippen LogP contribution < -0.4 is 4.74 Å². The number of aliphatic carboxylic acids is 1. The van der Waals surface area contributed by atoms with Gasteiger partial charge in [0.2, 0.25) is 0 Å². The van der Waals surface area contributed by atoms with Crippen molar-refractivity contribution < 1.29 is 27.8 Å². The van der Waals surface area contributed by atoms with Gasteiger partial charge in [0, 0.05) is 17.0 Å². The van der Waals surface area contributed by atoms with E-state index in [0.29, 0.717) is 0 Å². The molecule has 0 aliphatic heterocycles. The third-order valence-electron chi connectivity index (χ3n) is 1.93. The lowest BCUT2D eigenvalue weighted by molar-refractivity contribution is -0.136. The highest BCUT2D eigenvalue weighted by atomic mass is 79.9. The van der Waals surface area contributed by atoms with E-state index >= 15 is 0 Å². The second-order valence-corrected chi connectivity index (χ2v) is 3.69. The Bertz CT molecular complexity index is 424. The molecule has 0 bridgehead atoms. The van der Waals surface area contributed by atoms with Crippen molar-refractivity contribution in [1.29, 1.82) is 0 Å². The molecule has 17 heavy (non-hydrogen) atoms. The van der Waals surface area contributed by atoms with E-state index in [1.165, 1.54) is 6.07 Å². The molecule has 94 valence electrons. The monoisotopic (exact) mass is 312 g/mol. The number of carbonyl (C=O) groups is 1. The third kappa shape index (κ3) is 3.92. The summed E-state index contributed by atoms with van der Waals surface area (Å²) in [6.07, 6.45) is -0.513. The fourth-order valence-electron chi connectivity index (χ4n) is 1.26. The minimum atomic E-state index is -3.06. The zero-order valence-corrected chi connectivity index (χ0v) is 10.0. The van der Waals surface area contributed by atoms with Gasteiger partial charge in [-0.15, -0.1) is 0 Å². The summed E-state index contributed by atoms with van der Waals surface area (Å²) in [7, 11) is 0. The Morgan fingerprint density at radius 2 is 2.06 bits per heavy atom. The standard InChI is InChI=1S/C10H8BrF3O3/c11-4-6-1-5(2-9(15)16)7(12)3-8(6)17-10(13)14/h1,3,10H,2,4H2,(H,15,16). The molecule has 1 N–H and O–H groups in total. The number of carboxylic acids is 1. The first-order valence-corrected chi connectivity index (χ1v) is 5.60. The van der Waals surface area contributed by atoms with Crippen LogP contribution in [0.25, 0.3) is 0 Å². The Morgan fingerprint density at radius 1 is 1.41 bits per heavy atom. The second kappa shape index (κ2) is 5.90. The minimum absolute atomic E-state index is 0.0754. The van der Waals surface area contributed by atoms with Crippen molar-refractivity contribution in [2.75, 3.05) is 0 Å². The molecule has 0 amide bonds. The van der Waals surface area contributed by atoms with Crippen LogP contribution in [-0.4, -0.2) is 17.7 Å². The van der Waals surface area contributed by atoms with Gasteiger partial charge in [-0.25, -0.2) is 4.39 Å². The number of carboxylic acid groups (broad SMARTS) is 1. The molecule has 7 heteroatoms. The maximum atomic E-state index is 13.4. The van der Waals surface area contributed by atoms with Gasteiger partial charge >= 0.3 is 12.6 Å². The van der Waals surface area contributed by atoms with Crippen molar-refractivity contribution in [2.24, 2.45) is 0 Å². The quantitative estimate of drug-likeness (QED) is 0.850. The number of halogens is 4. The average Bonchev–Trinajstić information content (AvgIpc) is 2.20. The molecule has 0 heterocycles. The summed E-state index contributed by atoms with van der Waals surface area (Å²) in [5.41, 5.74) is 0.191. The number of ether oxygens (including phenoxy) is 1. The fourth-order valence-corrected chi connectivity index (χ4v) is 1.70. The third-order valence-corrected chi connectivity index (χ3v) is 2.54. The zero-order chi connectivity index (χ0) is 13.0. The molecule has 0 unspecified atom stereocenters. The molecule has 3 nitrogen and oxygen atoms in total. The predicted octanol–water partition coefficient (Wildman–Crippen LogP) is 2.95. The number of rotatable bonds is 5. The second-order valence-electron chi connectivity index (χ2n) is 3.13. The van der Waals surface area contributed by atoms with Crippen LogP contribution in [0.15, 0.2) is 12.1 Å². The largest absolute Gasteiger partial charge is 0.481 e. The highest BCUT2D eigenvalue weighted by Gasteiger charge is 2.15. The Hall–Kier alpha value is -1.24. The van der Waals surface area contributed by atoms with E-state index in [4.69, 9.17) is 5.11 Å². The molecule has 0 fully saturated rings. The summed E-state index contributed by atoms with van der Waals surface area (Å²) in [6.45, 7) is -3.06. The summed E-state index contributed by atoms with van der Waals surface area (Å²) in [5.74, 6) is -2.39. The first kappa shape index (κ1) is 13.8. The van der Waals surface area contributed by atoms with E-state index in [1.807, 2.05) is 0 Å². The number of hydrogen-bond acceptors (Lipinski definition) is 2. The molecule has 1 aromatic rings. The van der Waals surface area contributed by atoms with Crippen LogP contribution in [0.2, 0.25) is 0 Å². The van der Waals surface area contributed by atoms with Crippen LogP contribution in [-0.2, 0) is 16.5 Å². The molecule has 0 atom stereocenters. The van der Waals surface area contributed by atoms with Crippen molar-refractivity contribution in [3.63, 3.8) is 0 Å². The smallest absolute Gasteiger partial charge is 0.387 e. The SMILES string of the molecule is O=C(O)Cc1cc(CBr)c(OC(F)F)cc1F. The summed E-state index contributed by atoms with van der Waals surface area (Å²) in [5, 5.41) is 8.69. The lowest BCUT2D eigenvalue weighted by Gasteiger charge is -2.11. The lowest BCUT2D eigenvalue weighted by Crippen LogP contribution is -2.07. The van der Waals surface area contributed by atoms with Gasteiger partial charge in [-0.1, -0.05) is 15.9 Å². The maximum Gasteiger partial charge on any atom is 0.387 e. The van der Waals surface area contributed by atoms with Crippen molar-refractivity contribution in [3.05, 3.63) is 29.1 Å². The molecule has 0 radical (unpaired) electrons. The summed E-state index contributed by atoms with van der Waals surface area (Å²) in [4.78, 5) is 10.5. The normalized spacial score (nSPS) is 10.6. The minimum Gasteiger partial charge on any atom is -0.481 e. The molecule has 0 saturated heterocycles. The summed E-state index contributed by atoms with van der Waals surface area (Å²) in [6, 6.07) is 1.96. The topological polar surface area (TPSA) is 46.5 Å². The molecule has 0 saturated carbocycles. The molecule has 0 aromatic heterocycles. The van der Waals surface area contributed by atoms with Crippen LogP contribution in [0.4, 0.5) is 13.2 Å². The first-order chi connectivity index (χ1) is 7.93. The van der Waals surface area contributed by atoms with Gasteiger partial charge in [0.05, 0.1) is 6.42 Å². The number of benzene rings is 1. The van der Waals surface area contributed by atoms with Gasteiger partial charge in [0.25, 0.3) is 0 Å². The average molecular weight is 313 g/mol. The molecule has 1 rings (SSSR count). The van der Waals surface area contributed by atoms with E-state index in [9.17, 15) is 18.0 Å². The Kier molecular flexibility index (Phi) is 4.80. The van der Waals surface area contributed by atoms with E-state index in [1.54, 1.807) is 0 Å². The fraction of sp³-hybridized carbons (Fsp3) is 0.300. The molecular weight excluding hydrogens is 305 g/mol. The van der Waals surface area contributed by atoms with Gasteiger partial charge in [0.15, 0.2) is 0 Å². The van der Waals surface area contributed by atoms with E-state index < -0.39 is 24.8 Å². The van der Waals surface area contributed by atoms with Gasteiger partial charge < -0.3 is 9.84 Å². The Morgan fingerprint density at radius 3 is 2.53 bits per heavy atom. The highest BCUT2D eigenvalue weighted by molar-refractivity contribution is 9.08. The van der Waals surface area contributed by atoms with Gasteiger partial charge in [-0.05, 0) is 11.6 Å². The molecule has 1 aromatic carbocycles. The van der Waals surface area contributed by atoms with Gasteiger partial charge in [-0.3, -0.25) is 4.79 Å². The van der Waals surface area contributed by atoms with Crippen LogP contribution >= 0.6 is 15.9 Å². The zero-order valence-electron chi connectivity index (χ0n) is 8.42. The molecule has 0 aliphatic rings. The van der Waals surface area contributed by atoms with Crippen molar-refractivity contribution in [3.8, 4) is 5.75 Å². The molecule has 0 aliphatic carbocycles. The van der Waals surface area contributed by atoms with Crippen molar-refractivity contribution in [2.45, 2.75) is 18.4 Å².